The van der Waals surface area contributed by atoms with Crippen molar-refractivity contribution in [1.29, 1.82) is 0 Å². The highest BCUT2D eigenvalue weighted by molar-refractivity contribution is 5.95. The predicted octanol–water partition coefficient (Wildman–Crippen LogP) is 2.40. The predicted molar refractivity (Wildman–Crippen MR) is 94.2 cm³/mol. The molecule has 1 heterocycles. The van der Waals surface area contributed by atoms with Gasteiger partial charge in [0.25, 0.3) is 0 Å². The zero-order valence-corrected chi connectivity index (χ0v) is 15.0. The third kappa shape index (κ3) is 4.26. The summed E-state index contributed by atoms with van der Waals surface area (Å²) >= 11 is 0. The molecule has 0 aliphatic carbocycles. The number of hydrogen-bond donors (Lipinski definition) is 1. The van der Waals surface area contributed by atoms with Gasteiger partial charge in [0.15, 0.2) is 0 Å². The van der Waals surface area contributed by atoms with Gasteiger partial charge >= 0.3 is 6.09 Å². The molecule has 2 amide bonds. The summed E-state index contributed by atoms with van der Waals surface area (Å²) in [5.74, 6) is -0.0167. The molecule has 6 nitrogen and oxygen atoms in total. The van der Waals surface area contributed by atoms with Crippen LogP contribution in [0, 0.1) is 13.8 Å². The molecule has 1 atom stereocenters. The van der Waals surface area contributed by atoms with E-state index >= 15 is 0 Å². The van der Waals surface area contributed by atoms with E-state index in [2.05, 4.69) is 10.2 Å². The summed E-state index contributed by atoms with van der Waals surface area (Å²) in [4.78, 5) is 28.1. The number of piperazine rings is 1. The fourth-order valence-electron chi connectivity index (χ4n) is 2.91. The molecule has 1 saturated heterocycles. The molecule has 24 heavy (non-hydrogen) atoms. The third-order valence-corrected chi connectivity index (χ3v) is 4.50. The van der Waals surface area contributed by atoms with Crippen molar-refractivity contribution in [1.82, 2.24) is 9.80 Å². The van der Waals surface area contributed by atoms with Crippen molar-refractivity contribution in [2.24, 2.45) is 0 Å². The van der Waals surface area contributed by atoms with E-state index in [0.29, 0.717) is 32.8 Å². The van der Waals surface area contributed by atoms with E-state index in [4.69, 9.17) is 4.74 Å². The van der Waals surface area contributed by atoms with Crippen LogP contribution in [-0.2, 0) is 9.53 Å². The van der Waals surface area contributed by atoms with Gasteiger partial charge in [0, 0.05) is 31.9 Å². The molecule has 6 heteroatoms. The van der Waals surface area contributed by atoms with Gasteiger partial charge in [0.1, 0.15) is 0 Å². The largest absolute Gasteiger partial charge is 0.450 e. The average Bonchev–Trinajstić information content (AvgIpc) is 2.58. The topological polar surface area (TPSA) is 61.9 Å². The summed E-state index contributed by atoms with van der Waals surface area (Å²) in [7, 11) is 0. The molecule has 0 aromatic heterocycles. The molecular weight excluding hydrogens is 306 g/mol. The molecule has 1 aromatic carbocycles. The molecule has 0 saturated carbocycles. The first-order valence-corrected chi connectivity index (χ1v) is 8.46. The molecule has 0 spiro atoms. The highest BCUT2D eigenvalue weighted by Crippen LogP contribution is 2.20. The number of aryl methyl sites for hydroxylation is 2. The summed E-state index contributed by atoms with van der Waals surface area (Å²) in [6.45, 7) is 10.6. The number of anilines is 1. The molecule has 2 rings (SSSR count). The van der Waals surface area contributed by atoms with Crippen LogP contribution in [0.4, 0.5) is 10.5 Å². The van der Waals surface area contributed by atoms with Crippen LogP contribution < -0.4 is 5.32 Å². The van der Waals surface area contributed by atoms with Crippen LogP contribution in [0.1, 0.15) is 25.0 Å². The number of nitrogens with one attached hydrogen (secondary N) is 1. The van der Waals surface area contributed by atoms with Crippen LogP contribution >= 0.6 is 0 Å². The standard InChI is InChI=1S/C18H27N3O3/c1-5-24-18(23)21-11-9-20(10-12-21)15(4)17(22)19-16-13(2)7-6-8-14(16)3/h6-8,15H,5,9-12H2,1-4H3,(H,19,22)/t15-/m1/s1. The minimum Gasteiger partial charge on any atom is -0.450 e. The zero-order valence-electron chi connectivity index (χ0n) is 15.0. The van der Waals surface area contributed by atoms with Crippen molar-refractivity contribution in [2.75, 3.05) is 38.1 Å². The number of benzene rings is 1. The Labute approximate surface area is 143 Å². The van der Waals surface area contributed by atoms with Crippen LogP contribution in [0.5, 0.6) is 0 Å². The maximum absolute atomic E-state index is 12.6. The van der Waals surface area contributed by atoms with E-state index < -0.39 is 0 Å². The second-order valence-electron chi connectivity index (χ2n) is 6.15. The molecule has 1 N–H and O–H groups in total. The molecule has 0 unspecified atom stereocenters. The van der Waals surface area contributed by atoms with Gasteiger partial charge in [0.05, 0.1) is 12.6 Å². The Morgan fingerprint density at radius 2 is 1.75 bits per heavy atom. The van der Waals surface area contributed by atoms with Gasteiger partial charge in [-0.1, -0.05) is 18.2 Å². The molecule has 0 radical (unpaired) electrons. The molecular formula is C18H27N3O3. The van der Waals surface area contributed by atoms with Crippen LogP contribution in [0.25, 0.3) is 0 Å². The first-order valence-electron chi connectivity index (χ1n) is 8.46. The molecule has 0 bridgehead atoms. The lowest BCUT2D eigenvalue weighted by molar-refractivity contribution is -0.121. The summed E-state index contributed by atoms with van der Waals surface area (Å²) in [5, 5.41) is 3.04. The molecule has 1 aliphatic rings. The summed E-state index contributed by atoms with van der Waals surface area (Å²) in [5.41, 5.74) is 3.00. The van der Waals surface area contributed by atoms with Gasteiger partial charge in [0.2, 0.25) is 5.91 Å². The smallest absolute Gasteiger partial charge is 0.409 e. The monoisotopic (exact) mass is 333 g/mol. The summed E-state index contributed by atoms with van der Waals surface area (Å²) < 4.78 is 5.02. The van der Waals surface area contributed by atoms with E-state index in [9.17, 15) is 9.59 Å². The number of carbonyl (C=O) groups is 2. The Hall–Kier alpha value is -2.08. The quantitative estimate of drug-likeness (QED) is 0.919. The number of rotatable bonds is 4. The Morgan fingerprint density at radius 1 is 1.17 bits per heavy atom. The van der Waals surface area contributed by atoms with Crippen molar-refractivity contribution < 1.29 is 14.3 Å². The maximum Gasteiger partial charge on any atom is 0.409 e. The van der Waals surface area contributed by atoms with E-state index in [1.54, 1.807) is 11.8 Å². The van der Waals surface area contributed by atoms with Crippen molar-refractivity contribution in [3.8, 4) is 0 Å². The van der Waals surface area contributed by atoms with Crippen molar-refractivity contribution >= 4 is 17.7 Å². The Morgan fingerprint density at radius 3 is 2.29 bits per heavy atom. The second-order valence-corrected chi connectivity index (χ2v) is 6.15. The first-order chi connectivity index (χ1) is 11.4. The van der Waals surface area contributed by atoms with Crippen LogP contribution in [0.2, 0.25) is 0 Å². The van der Waals surface area contributed by atoms with E-state index in [1.165, 1.54) is 0 Å². The van der Waals surface area contributed by atoms with Gasteiger partial charge in [-0.2, -0.15) is 0 Å². The van der Waals surface area contributed by atoms with Crippen molar-refractivity contribution in [3.63, 3.8) is 0 Å². The molecule has 1 aliphatic heterocycles. The van der Waals surface area contributed by atoms with Crippen LogP contribution in [0.15, 0.2) is 18.2 Å². The lowest BCUT2D eigenvalue weighted by Gasteiger charge is -2.36. The number of hydrogen-bond acceptors (Lipinski definition) is 4. The van der Waals surface area contributed by atoms with Gasteiger partial charge in [-0.25, -0.2) is 4.79 Å². The van der Waals surface area contributed by atoms with E-state index in [0.717, 1.165) is 16.8 Å². The number of para-hydroxylation sites is 1. The van der Waals surface area contributed by atoms with Gasteiger partial charge < -0.3 is 15.0 Å². The summed E-state index contributed by atoms with van der Waals surface area (Å²) in [6.07, 6.45) is -0.273. The Kier molecular flexibility index (Phi) is 6.20. The van der Waals surface area contributed by atoms with E-state index in [-0.39, 0.29) is 18.0 Å². The zero-order chi connectivity index (χ0) is 17.7. The highest BCUT2D eigenvalue weighted by Gasteiger charge is 2.28. The maximum atomic E-state index is 12.6. The number of carbonyl (C=O) groups excluding carboxylic acids is 2. The fourth-order valence-corrected chi connectivity index (χ4v) is 2.91. The SMILES string of the molecule is CCOC(=O)N1CCN([C@H](C)C(=O)Nc2c(C)cccc2C)CC1. The molecule has 1 aromatic rings. The van der Waals surface area contributed by atoms with Gasteiger partial charge in [-0.3, -0.25) is 9.69 Å². The van der Waals surface area contributed by atoms with E-state index in [1.807, 2.05) is 39.0 Å². The van der Waals surface area contributed by atoms with Crippen LogP contribution in [-0.4, -0.2) is 60.6 Å². The van der Waals surface area contributed by atoms with Crippen molar-refractivity contribution in [2.45, 2.75) is 33.7 Å². The normalized spacial score (nSPS) is 16.6. The lowest BCUT2D eigenvalue weighted by Crippen LogP contribution is -2.54. The number of ether oxygens (including phenoxy) is 1. The third-order valence-electron chi connectivity index (χ3n) is 4.50. The average molecular weight is 333 g/mol. The van der Waals surface area contributed by atoms with Gasteiger partial charge in [-0.05, 0) is 38.8 Å². The fraction of sp³-hybridized carbons (Fsp3) is 0.556. The van der Waals surface area contributed by atoms with Gasteiger partial charge in [-0.15, -0.1) is 0 Å². The van der Waals surface area contributed by atoms with Crippen LogP contribution in [0.3, 0.4) is 0 Å². The minimum atomic E-state index is -0.273. The lowest BCUT2D eigenvalue weighted by atomic mass is 10.1. The Bertz CT molecular complexity index is 575. The summed E-state index contributed by atoms with van der Waals surface area (Å²) in [6, 6.07) is 5.73. The number of nitrogens with zero attached hydrogens (tertiary/aromatic N) is 2. The van der Waals surface area contributed by atoms with Crippen molar-refractivity contribution in [3.05, 3.63) is 29.3 Å². The molecule has 132 valence electrons. The Balaban J connectivity index is 1.92. The molecule has 1 fully saturated rings. The second kappa shape index (κ2) is 8.15. The highest BCUT2D eigenvalue weighted by atomic mass is 16.6. The number of amides is 2. The minimum absolute atomic E-state index is 0.0167. The first kappa shape index (κ1) is 18.3.